The summed E-state index contributed by atoms with van der Waals surface area (Å²) in [6, 6.07) is 46.8. The summed E-state index contributed by atoms with van der Waals surface area (Å²) in [6.07, 6.45) is 6.79. The second-order valence-electron chi connectivity index (χ2n) is 12.6. The molecule has 2 unspecified atom stereocenters. The molecule has 6 aromatic rings. The maximum absolute atomic E-state index is 10.7. The van der Waals surface area contributed by atoms with Crippen LogP contribution in [-0.4, -0.2) is 35.9 Å². The van der Waals surface area contributed by atoms with Crippen molar-refractivity contribution in [2.24, 2.45) is 9.98 Å². The molecule has 0 spiro atoms. The summed E-state index contributed by atoms with van der Waals surface area (Å²) < 4.78 is 10.9. The minimum absolute atomic E-state index is 0.0980. The fraction of sp³-hybridized carbons (Fsp3) is 0.125. The van der Waals surface area contributed by atoms with Crippen LogP contribution in [0.25, 0.3) is 0 Å². The van der Waals surface area contributed by atoms with Gasteiger partial charge in [0.1, 0.15) is 36.2 Å². The number of para-hydroxylation sites is 2. The van der Waals surface area contributed by atoms with Gasteiger partial charge in [-0.2, -0.15) is 0 Å². The quantitative estimate of drug-likeness (QED) is 0.0650. The summed E-state index contributed by atoms with van der Waals surface area (Å²) >= 11 is -0.556. The van der Waals surface area contributed by atoms with Crippen molar-refractivity contribution >= 4 is 42.4 Å². The van der Waals surface area contributed by atoms with Crippen LogP contribution in [-0.2, 0) is 17.0 Å². The van der Waals surface area contributed by atoms with E-state index in [0.29, 0.717) is 24.3 Å². The molecule has 0 bridgehead atoms. The van der Waals surface area contributed by atoms with Crippen LogP contribution in [0.4, 0.5) is 11.4 Å². The van der Waals surface area contributed by atoms with Crippen molar-refractivity contribution in [2.45, 2.75) is 25.7 Å². The number of phenols is 2. The van der Waals surface area contributed by atoms with Crippen LogP contribution in [0.2, 0.25) is 0 Å². The Kier molecular flexibility index (Phi) is 18.9. The number of rotatable bonds is 14. The van der Waals surface area contributed by atoms with Gasteiger partial charge < -0.3 is 19.7 Å². The van der Waals surface area contributed by atoms with Crippen LogP contribution in [0.3, 0.4) is 0 Å². The van der Waals surface area contributed by atoms with E-state index in [-0.39, 0.29) is 23.3 Å². The third-order valence-electron chi connectivity index (χ3n) is 8.84. The summed E-state index contributed by atoms with van der Waals surface area (Å²) in [5.74, 6) is 2.28. The molecule has 0 saturated heterocycles. The third-order valence-corrected chi connectivity index (χ3v) is 8.84. The van der Waals surface area contributed by atoms with Crippen LogP contribution in [0, 0.1) is 0 Å². The van der Waals surface area contributed by atoms with Gasteiger partial charge in [-0.3, -0.25) is 9.98 Å². The van der Waals surface area contributed by atoms with Crippen molar-refractivity contribution < 1.29 is 36.7 Å². The summed E-state index contributed by atoms with van der Waals surface area (Å²) in [5, 5.41) is 21.4. The van der Waals surface area contributed by atoms with Crippen molar-refractivity contribution in [2.75, 3.05) is 13.2 Å². The number of hydrogen-bond donors (Lipinski definition) is 2. The summed E-state index contributed by atoms with van der Waals surface area (Å²) in [7, 11) is 9.78. The molecule has 290 valence electrons. The Labute approximate surface area is 353 Å². The summed E-state index contributed by atoms with van der Waals surface area (Å²) in [4.78, 5) is 8.94. The molecule has 0 saturated carbocycles. The minimum atomic E-state index is -0.556. The fourth-order valence-corrected chi connectivity index (χ4v) is 5.77. The Balaban J connectivity index is 0.000000236. The molecular formula is C48H46Cl2N2O4Ti. The summed E-state index contributed by atoms with van der Waals surface area (Å²) in [5.41, 5.74) is 7.08. The van der Waals surface area contributed by atoms with Crippen LogP contribution in [0.15, 0.2) is 181 Å². The van der Waals surface area contributed by atoms with Crippen LogP contribution in [0.5, 0.6) is 23.0 Å². The molecule has 0 aliphatic heterocycles. The van der Waals surface area contributed by atoms with Gasteiger partial charge in [0.2, 0.25) is 0 Å². The van der Waals surface area contributed by atoms with Gasteiger partial charge in [-0.15, -0.1) is 0 Å². The van der Waals surface area contributed by atoms with E-state index in [1.165, 1.54) is 0 Å². The molecular weight excluding hydrogens is 787 g/mol. The number of ether oxygens (including phenoxy) is 2. The number of hydrogen-bond acceptors (Lipinski definition) is 6. The number of aromatic hydroxyl groups is 2. The Morgan fingerprint density at radius 2 is 0.895 bits per heavy atom. The molecule has 0 aliphatic rings. The first-order valence-corrected chi connectivity index (χ1v) is 22.5. The molecule has 0 fully saturated rings. The van der Waals surface area contributed by atoms with Crippen LogP contribution in [0.1, 0.15) is 59.1 Å². The Morgan fingerprint density at radius 3 is 1.23 bits per heavy atom. The number of phenolic OH excluding ortho intramolecular Hbond substituents is 2. The zero-order valence-corrected chi connectivity index (χ0v) is 35.1. The number of halogens is 2. The van der Waals surface area contributed by atoms with Crippen molar-refractivity contribution in [1.29, 1.82) is 0 Å². The van der Waals surface area contributed by atoms with E-state index in [1.807, 2.05) is 121 Å². The zero-order chi connectivity index (χ0) is 40.8. The van der Waals surface area contributed by atoms with Crippen LogP contribution < -0.4 is 9.47 Å². The van der Waals surface area contributed by atoms with Crippen molar-refractivity contribution in [1.82, 2.24) is 0 Å². The Morgan fingerprint density at radius 1 is 0.544 bits per heavy atom. The van der Waals surface area contributed by atoms with E-state index < -0.39 is 17.0 Å². The standard InChI is InChI=1S/2C24H23NO2.2ClH.Ti/c2*1-3-16-27-22-14-12-21(13-15-22)25-17-20-10-7-11-23(24(20)26)18(2)19-8-5-4-6-9-19;;;/h2*3-15,17-18,26H,1,16H2,2H3;2*1H;/q;;;;+2/p-2. The molecule has 2 atom stereocenters. The van der Waals surface area contributed by atoms with Gasteiger partial charge in [0.05, 0.1) is 11.4 Å². The normalized spacial score (nSPS) is 11.6. The van der Waals surface area contributed by atoms with Gasteiger partial charge in [0, 0.05) is 46.5 Å². The first-order chi connectivity index (χ1) is 27.8. The number of nitrogens with zero attached hydrogens (tertiary/aromatic N) is 2. The molecule has 6 nitrogen and oxygen atoms in total. The summed E-state index contributed by atoms with van der Waals surface area (Å²) in [6.45, 7) is 12.4. The number of benzene rings is 6. The van der Waals surface area contributed by atoms with E-state index in [2.05, 4.69) is 61.3 Å². The molecule has 0 aromatic heterocycles. The molecule has 0 radical (unpaired) electrons. The van der Waals surface area contributed by atoms with E-state index >= 15 is 0 Å². The molecule has 6 rings (SSSR count). The predicted molar refractivity (Wildman–Crippen MR) is 235 cm³/mol. The molecule has 57 heavy (non-hydrogen) atoms. The molecule has 9 heteroatoms. The van der Waals surface area contributed by atoms with Gasteiger partial charge in [0.25, 0.3) is 0 Å². The van der Waals surface area contributed by atoms with Crippen molar-refractivity contribution in [3.8, 4) is 23.0 Å². The zero-order valence-electron chi connectivity index (χ0n) is 32.0. The molecule has 2 N–H and O–H groups in total. The monoisotopic (exact) mass is 832 g/mol. The second kappa shape index (κ2) is 24.3. The van der Waals surface area contributed by atoms with Crippen LogP contribution >= 0.6 is 18.6 Å². The van der Waals surface area contributed by atoms with Gasteiger partial charge in [-0.05, 0) is 71.8 Å². The van der Waals surface area contributed by atoms with Crippen molar-refractivity contribution in [3.05, 3.63) is 204 Å². The van der Waals surface area contributed by atoms with E-state index in [0.717, 1.165) is 45.1 Å². The average Bonchev–Trinajstić information content (AvgIpc) is 3.25. The first-order valence-electron chi connectivity index (χ1n) is 18.2. The van der Waals surface area contributed by atoms with E-state index in [4.69, 9.17) is 28.1 Å². The Hall–Kier alpha value is -5.37. The topological polar surface area (TPSA) is 83.6 Å². The average molecular weight is 834 g/mol. The second-order valence-corrected chi connectivity index (χ2v) is 15.2. The fourth-order valence-electron chi connectivity index (χ4n) is 5.77. The van der Waals surface area contributed by atoms with Gasteiger partial charge in [0.15, 0.2) is 0 Å². The van der Waals surface area contributed by atoms with Crippen molar-refractivity contribution in [3.63, 3.8) is 0 Å². The first kappa shape index (κ1) is 44.4. The third kappa shape index (κ3) is 14.0. The van der Waals surface area contributed by atoms with Gasteiger partial charge in [-0.1, -0.05) is 124 Å². The maximum atomic E-state index is 10.7. The molecule has 0 heterocycles. The number of aliphatic imine (C=N–C) groups is 2. The molecule has 6 aromatic carbocycles. The molecule has 0 amide bonds. The predicted octanol–water partition coefficient (Wildman–Crippen LogP) is 13.1. The van der Waals surface area contributed by atoms with E-state index in [1.54, 1.807) is 24.6 Å². The van der Waals surface area contributed by atoms with Gasteiger partial charge in [-0.25, -0.2) is 0 Å². The Bertz CT molecular complexity index is 2020. The van der Waals surface area contributed by atoms with Gasteiger partial charge >= 0.3 is 35.6 Å². The SMILES string of the molecule is C=CCOc1ccc(N=Cc2cccc(C(C)c3ccccc3)c2O)cc1.C=CCOc1ccc(N=Cc2cccc(C(C)c3ccccc3)c2O)cc1.[Cl][Ti][Cl]. The van der Waals surface area contributed by atoms with E-state index in [9.17, 15) is 10.2 Å². The molecule has 0 aliphatic carbocycles.